The van der Waals surface area contributed by atoms with E-state index >= 15 is 0 Å². The molecule has 1 heterocycles. The highest BCUT2D eigenvalue weighted by Crippen LogP contribution is 2.38. The zero-order chi connectivity index (χ0) is 13.3. The van der Waals surface area contributed by atoms with Crippen LogP contribution < -0.4 is 0 Å². The third-order valence-electron chi connectivity index (χ3n) is 3.30. The van der Waals surface area contributed by atoms with Gasteiger partial charge in [0.2, 0.25) is 6.10 Å². The Morgan fingerprint density at radius 1 is 1.17 bits per heavy atom. The van der Waals surface area contributed by atoms with E-state index < -0.39 is 36.2 Å². The molecule has 0 aromatic heterocycles. The van der Waals surface area contributed by atoms with Crippen molar-refractivity contribution in [2.75, 3.05) is 0 Å². The minimum absolute atomic E-state index is 0.209. The zero-order valence-corrected chi connectivity index (χ0v) is 10.4. The summed E-state index contributed by atoms with van der Waals surface area (Å²) in [6.45, 7) is 2.58. The van der Waals surface area contributed by atoms with Crippen molar-refractivity contribution in [3.05, 3.63) is 0 Å². The molecule has 0 radical (unpaired) electrons. The lowest BCUT2D eigenvalue weighted by Crippen LogP contribution is -2.41. The third kappa shape index (κ3) is 2.47. The van der Waals surface area contributed by atoms with E-state index in [1.165, 1.54) is 13.8 Å². The minimum Gasteiger partial charge on any atom is -0.459 e. The molecule has 0 spiro atoms. The summed E-state index contributed by atoms with van der Waals surface area (Å²) in [6.07, 6.45) is 0.441. The van der Waals surface area contributed by atoms with Crippen LogP contribution in [0.15, 0.2) is 0 Å². The second-order valence-corrected chi connectivity index (χ2v) is 4.67. The van der Waals surface area contributed by atoms with E-state index in [9.17, 15) is 14.4 Å². The second-order valence-electron chi connectivity index (χ2n) is 4.67. The van der Waals surface area contributed by atoms with Crippen LogP contribution in [0.1, 0.15) is 33.1 Å². The van der Waals surface area contributed by atoms with Gasteiger partial charge in [-0.2, -0.15) is 0 Å². The standard InChI is InChI=1S/C12H16O6/c1-6(13)16-9-5-3-4-8-10(9)18-12(15)11(8)17-7(2)14/h8-11H,3-5H2,1-2H3/t8-,9-,10-,11-/m1/s1. The number of rotatable bonds is 2. The summed E-state index contributed by atoms with van der Waals surface area (Å²) in [5.74, 6) is -1.65. The van der Waals surface area contributed by atoms with Gasteiger partial charge in [-0.1, -0.05) is 0 Å². The molecule has 1 saturated heterocycles. The Hall–Kier alpha value is -1.59. The van der Waals surface area contributed by atoms with E-state index in [0.717, 1.165) is 12.8 Å². The van der Waals surface area contributed by atoms with Crippen LogP contribution in [0.4, 0.5) is 0 Å². The van der Waals surface area contributed by atoms with Crippen molar-refractivity contribution in [2.24, 2.45) is 5.92 Å². The van der Waals surface area contributed by atoms with Gasteiger partial charge < -0.3 is 14.2 Å². The lowest BCUT2D eigenvalue weighted by Gasteiger charge is -2.31. The molecule has 0 amide bonds. The molecule has 6 heteroatoms. The Bertz CT molecular complexity index is 377. The van der Waals surface area contributed by atoms with Gasteiger partial charge in [0.25, 0.3) is 0 Å². The molecule has 2 fully saturated rings. The quantitative estimate of drug-likeness (QED) is 0.531. The highest BCUT2D eigenvalue weighted by molar-refractivity contribution is 5.81. The fourth-order valence-corrected chi connectivity index (χ4v) is 2.68. The van der Waals surface area contributed by atoms with E-state index in [2.05, 4.69) is 0 Å². The number of fused-ring (bicyclic) bond motifs is 1. The summed E-state index contributed by atoms with van der Waals surface area (Å²) in [6, 6.07) is 0. The van der Waals surface area contributed by atoms with E-state index in [0.29, 0.717) is 6.42 Å². The first-order valence-corrected chi connectivity index (χ1v) is 6.04. The highest BCUT2D eigenvalue weighted by atomic mass is 16.6. The van der Waals surface area contributed by atoms with Crippen LogP contribution in [0.25, 0.3) is 0 Å². The molecule has 1 aliphatic carbocycles. The molecule has 1 saturated carbocycles. The monoisotopic (exact) mass is 256 g/mol. The molecule has 6 nitrogen and oxygen atoms in total. The summed E-state index contributed by atoms with van der Waals surface area (Å²) >= 11 is 0. The molecule has 0 bridgehead atoms. The SMILES string of the molecule is CC(=O)O[C@@H]1CCC[C@@H]2[C@H]1OC(=O)[C@@H]2OC(C)=O. The molecule has 2 aliphatic rings. The highest BCUT2D eigenvalue weighted by Gasteiger charge is 2.52. The molecule has 100 valence electrons. The van der Waals surface area contributed by atoms with Crippen molar-refractivity contribution in [1.29, 1.82) is 0 Å². The fraction of sp³-hybridized carbons (Fsp3) is 0.750. The number of carbonyl (C=O) groups excluding carboxylic acids is 3. The maximum atomic E-state index is 11.7. The molecule has 4 atom stereocenters. The van der Waals surface area contributed by atoms with E-state index in [4.69, 9.17) is 14.2 Å². The zero-order valence-electron chi connectivity index (χ0n) is 10.4. The van der Waals surface area contributed by atoms with Gasteiger partial charge in [-0.15, -0.1) is 0 Å². The number of esters is 3. The van der Waals surface area contributed by atoms with Gasteiger partial charge in [0.15, 0.2) is 0 Å². The number of hydrogen-bond acceptors (Lipinski definition) is 6. The van der Waals surface area contributed by atoms with Crippen molar-refractivity contribution in [2.45, 2.75) is 51.4 Å². The summed E-state index contributed by atoms with van der Waals surface area (Å²) in [5.41, 5.74) is 0. The topological polar surface area (TPSA) is 78.9 Å². The molecule has 0 aromatic rings. The number of hydrogen-bond donors (Lipinski definition) is 0. The lowest BCUT2D eigenvalue weighted by molar-refractivity contribution is -0.165. The van der Waals surface area contributed by atoms with Crippen LogP contribution in [-0.2, 0) is 28.6 Å². The first kappa shape index (κ1) is 12.9. The average Bonchev–Trinajstić information content (AvgIpc) is 2.56. The van der Waals surface area contributed by atoms with Crippen molar-refractivity contribution in [3.63, 3.8) is 0 Å². The first-order valence-electron chi connectivity index (χ1n) is 6.04. The molecular formula is C12H16O6. The lowest BCUT2D eigenvalue weighted by atomic mass is 9.82. The van der Waals surface area contributed by atoms with Gasteiger partial charge in [-0.05, 0) is 19.3 Å². The van der Waals surface area contributed by atoms with E-state index in [1.807, 2.05) is 0 Å². The van der Waals surface area contributed by atoms with Crippen molar-refractivity contribution >= 4 is 17.9 Å². The molecule has 0 aromatic carbocycles. The van der Waals surface area contributed by atoms with Gasteiger partial charge in [-0.25, -0.2) is 4.79 Å². The Morgan fingerprint density at radius 2 is 1.83 bits per heavy atom. The molecule has 0 N–H and O–H groups in total. The van der Waals surface area contributed by atoms with Crippen molar-refractivity contribution < 1.29 is 28.6 Å². The smallest absolute Gasteiger partial charge is 0.348 e. The maximum Gasteiger partial charge on any atom is 0.348 e. The summed E-state index contributed by atoms with van der Waals surface area (Å²) in [4.78, 5) is 33.6. The van der Waals surface area contributed by atoms with Crippen molar-refractivity contribution in [3.8, 4) is 0 Å². The predicted molar refractivity (Wildman–Crippen MR) is 58.3 cm³/mol. The van der Waals surface area contributed by atoms with Crippen molar-refractivity contribution in [1.82, 2.24) is 0 Å². The van der Waals surface area contributed by atoms with Gasteiger partial charge >= 0.3 is 17.9 Å². The van der Waals surface area contributed by atoms with Crippen LogP contribution in [-0.4, -0.2) is 36.2 Å². The van der Waals surface area contributed by atoms with Crippen LogP contribution in [0, 0.1) is 5.92 Å². The Balaban J connectivity index is 2.10. The Kier molecular flexibility index (Phi) is 3.54. The third-order valence-corrected chi connectivity index (χ3v) is 3.30. The summed E-state index contributed by atoms with van der Waals surface area (Å²) in [5, 5.41) is 0. The fourth-order valence-electron chi connectivity index (χ4n) is 2.68. The second kappa shape index (κ2) is 4.96. The summed E-state index contributed by atoms with van der Waals surface area (Å²) in [7, 11) is 0. The van der Waals surface area contributed by atoms with Gasteiger partial charge in [-0.3, -0.25) is 9.59 Å². The largest absolute Gasteiger partial charge is 0.459 e. The van der Waals surface area contributed by atoms with Crippen LogP contribution in [0.2, 0.25) is 0 Å². The minimum atomic E-state index is -0.856. The molecule has 0 unspecified atom stereocenters. The van der Waals surface area contributed by atoms with E-state index in [-0.39, 0.29) is 5.92 Å². The first-order chi connectivity index (χ1) is 8.49. The molecule has 2 rings (SSSR count). The maximum absolute atomic E-state index is 11.7. The Labute approximate surface area is 105 Å². The average molecular weight is 256 g/mol. The summed E-state index contributed by atoms with van der Waals surface area (Å²) < 4.78 is 15.3. The molecular weight excluding hydrogens is 240 g/mol. The van der Waals surface area contributed by atoms with Gasteiger partial charge in [0, 0.05) is 19.8 Å². The van der Waals surface area contributed by atoms with Gasteiger partial charge in [0.05, 0.1) is 0 Å². The van der Waals surface area contributed by atoms with Crippen LogP contribution in [0.3, 0.4) is 0 Å². The number of ether oxygens (including phenoxy) is 3. The molecule has 1 aliphatic heterocycles. The Morgan fingerprint density at radius 3 is 2.44 bits per heavy atom. The van der Waals surface area contributed by atoms with E-state index in [1.54, 1.807) is 0 Å². The predicted octanol–water partition coefficient (Wildman–Crippen LogP) is 0.575. The molecule has 18 heavy (non-hydrogen) atoms. The normalized spacial score (nSPS) is 34.4. The number of carbonyl (C=O) groups is 3. The van der Waals surface area contributed by atoms with Crippen LogP contribution in [0.5, 0.6) is 0 Å². The van der Waals surface area contributed by atoms with Crippen LogP contribution >= 0.6 is 0 Å². The van der Waals surface area contributed by atoms with Gasteiger partial charge in [0.1, 0.15) is 12.2 Å².